The lowest BCUT2D eigenvalue weighted by Crippen LogP contribution is -2.47. The lowest BCUT2D eigenvalue weighted by Gasteiger charge is -2.23. The second-order valence-electron chi connectivity index (χ2n) is 6.66. The Morgan fingerprint density at radius 2 is 1.88 bits per heavy atom. The van der Waals surface area contributed by atoms with Gasteiger partial charge in [-0.1, -0.05) is 6.07 Å². The molecule has 1 aromatic rings. The summed E-state index contributed by atoms with van der Waals surface area (Å²) in [5.74, 6) is 2.46. The number of nitrogens with one attached hydrogen (secondary N) is 2. The van der Waals surface area contributed by atoms with Gasteiger partial charge in [0.1, 0.15) is 0 Å². The second-order valence-corrected chi connectivity index (χ2v) is 6.66. The molecule has 0 fully saturated rings. The van der Waals surface area contributed by atoms with Crippen molar-refractivity contribution in [3.05, 3.63) is 23.8 Å². The van der Waals surface area contributed by atoms with Crippen LogP contribution in [0.3, 0.4) is 0 Å². The van der Waals surface area contributed by atoms with E-state index in [2.05, 4.69) is 55.5 Å². The molecule has 0 aliphatic heterocycles. The maximum atomic E-state index is 5.63. The minimum Gasteiger partial charge on any atom is -0.493 e. The van der Waals surface area contributed by atoms with Crippen LogP contribution < -0.4 is 20.1 Å². The van der Waals surface area contributed by atoms with Gasteiger partial charge >= 0.3 is 0 Å². The Bertz CT molecular complexity index is 528. The standard InChI is InChI=1S/C19H33N3O2.HI/c1-7-20-18(22-19(3,4)5)21-13-9-10-15-11-12-16(23-6)17(14-15)24-8-2;/h11-12,14H,7-10,13H2,1-6H3,(H2,20,21,22);1H. The first-order valence-corrected chi connectivity index (χ1v) is 8.75. The normalized spacial score (nSPS) is 11.5. The maximum Gasteiger partial charge on any atom is 0.191 e. The van der Waals surface area contributed by atoms with Crippen LogP contribution in [0.15, 0.2) is 23.2 Å². The van der Waals surface area contributed by atoms with Gasteiger partial charge in [0.25, 0.3) is 0 Å². The monoisotopic (exact) mass is 463 g/mol. The van der Waals surface area contributed by atoms with Gasteiger partial charge in [0.05, 0.1) is 13.7 Å². The molecule has 6 heteroatoms. The van der Waals surface area contributed by atoms with Crippen LogP contribution in [-0.4, -0.2) is 38.3 Å². The molecule has 0 amide bonds. The molecular formula is C19H34IN3O2. The number of aliphatic imine (C=N–C) groups is 1. The molecule has 5 nitrogen and oxygen atoms in total. The van der Waals surface area contributed by atoms with E-state index < -0.39 is 0 Å². The van der Waals surface area contributed by atoms with Crippen LogP contribution in [0.4, 0.5) is 0 Å². The van der Waals surface area contributed by atoms with Crippen molar-refractivity contribution in [2.24, 2.45) is 4.99 Å². The van der Waals surface area contributed by atoms with Crippen molar-refractivity contribution in [3.8, 4) is 11.5 Å². The van der Waals surface area contributed by atoms with Gasteiger partial charge in [0.15, 0.2) is 17.5 Å². The average molecular weight is 463 g/mol. The smallest absolute Gasteiger partial charge is 0.191 e. The molecule has 0 aliphatic carbocycles. The zero-order chi connectivity index (χ0) is 18.0. The molecule has 25 heavy (non-hydrogen) atoms. The van der Waals surface area contributed by atoms with Crippen LogP contribution in [0, 0.1) is 0 Å². The number of benzene rings is 1. The number of guanidine groups is 1. The third-order valence-corrected chi connectivity index (χ3v) is 3.26. The number of halogens is 1. The molecule has 0 unspecified atom stereocenters. The van der Waals surface area contributed by atoms with Crippen molar-refractivity contribution < 1.29 is 9.47 Å². The molecule has 0 saturated carbocycles. The Morgan fingerprint density at radius 1 is 1.16 bits per heavy atom. The van der Waals surface area contributed by atoms with Crippen LogP contribution in [0.25, 0.3) is 0 Å². The van der Waals surface area contributed by atoms with Gasteiger partial charge in [0.2, 0.25) is 0 Å². The molecule has 0 radical (unpaired) electrons. The summed E-state index contributed by atoms with van der Waals surface area (Å²) in [6, 6.07) is 6.11. The van der Waals surface area contributed by atoms with Gasteiger partial charge < -0.3 is 20.1 Å². The maximum absolute atomic E-state index is 5.63. The first-order chi connectivity index (χ1) is 11.4. The largest absolute Gasteiger partial charge is 0.493 e. The van der Waals surface area contributed by atoms with Crippen LogP contribution in [0.1, 0.15) is 46.6 Å². The lowest BCUT2D eigenvalue weighted by molar-refractivity contribution is 0.310. The molecule has 0 spiro atoms. The molecule has 0 atom stereocenters. The number of hydrogen-bond acceptors (Lipinski definition) is 3. The first-order valence-electron chi connectivity index (χ1n) is 8.75. The second kappa shape index (κ2) is 12.2. The third-order valence-electron chi connectivity index (χ3n) is 3.26. The molecule has 0 bridgehead atoms. The fourth-order valence-corrected chi connectivity index (χ4v) is 2.28. The molecule has 1 aromatic carbocycles. The van der Waals surface area contributed by atoms with E-state index >= 15 is 0 Å². The Balaban J connectivity index is 0.00000576. The van der Waals surface area contributed by atoms with Gasteiger partial charge in [-0.3, -0.25) is 4.99 Å². The Kier molecular flexibility index (Phi) is 11.6. The van der Waals surface area contributed by atoms with Gasteiger partial charge in [0, 0.05) is 18.6 Å². The van der Waals surface area contributed by atoms with Crippen molar-refractivity contribution in [1.29, 1.82) is 0 Å². The summed E-state index contributed by atoms with van der Waals surface area (Å²) in [6.45, 7) is 12.7. The number of ether oxygens (including phenoxy) is 2. The summed E-state index contributed by atoms with van der Waals surface area (Å²) >= 11 is 0. The highest BCUT2D eigenvalue weighted by Crippen LogP contribution is 2.28. The zero-order valence-corrected chi connectivity index (χ0v) is 18.8. The van der Waals surface area contributed by atoms with Gasteiger partial charge in [-0.25, -0.2) is 0 Å². The van der Waals surface area contributed by atoms with Crippen molar-refractivity contribution in [2.45, 2.75) is 53.0 Å². The van der Waals surface area contributed by atoms with E-state index in [0.717, 1.165) is 43.4 Å². The van der Waals surface area contributed by atoms with Crippen molar-refractivity contribution in [2.75, 3.05) is 26.8 Å². The molecule has 0 aliphatic rings. The zero-order valence-electron chi connectivity index (χ0n) is 16.4. The van der Waals surface area contributed by atoms with Gasteiger partial charge in [-0.15, -0.1) is 24.0 Å². The SMILES string of the molecule is CCNC(=NCCCc1ccc(OC)c(OCC)c1)NC(C)(C)C.I. The summed E-state index contributed by atoms with van der Waals surface area (Å²) in [6.07, 6.45) is 1.95. The number of hydrogen-bond donors (Lipinski definition) is 2. The van der Waals surface area contributed by atoms with Crippen molar-refractivity contribution >= 4 is 29.9 Å². The third kappa shape index (κ3) is 9.77. The quantitative estimate of drug-likeness (QED) is 0.265. The van der Waals surface area contributed by atoms with E-state index in [1.54, 1.807) is 7.11 Å². The number of rotatable bonds is 8. The molecule has 0 heterocycles. The minimum absolute atomic E-state index is 0. The van der Waals surface area contributed by atoms with Crippen LogP contribution in [0.2, 0.25) is 0 Å². The molecule has 1 rings (SSSR count). The van der Waals surface area contributed by atoms with E-state index in [-0.39, 0.29) is 29.5 Å². The molecule has 144 valence electrons. The minimum atomic E-state index is 0. The number of nitrogens with zero attached hydrogens (tertiary/aromatic N) is 1. The van der Waals surface area contributed by atoms with Crippen molar-refractivity contribution in [3.63, 3.8) is 0 Å². The predicted octanol–water partition coefficient (Wildman–Crippen LogP) is 4.00. The highest BCUT2D eigenvalue weighted by atomic mass is 127. The Hall–Kier alpha value is -1.18. The van der Waals surface area contributed by atoms with Crippen molar-refractivity contribution in [1.82, 2.24) is 10.6 Å². The summed E-state index contributed by atoms with van der Waals surface area (Å²) in [5.41, 5.74) is 1.24. The molecule has 0 saturated heterocycles. The number of aryl methyl sites for hydroxylation is 1. The van der Waals surface area contributed by atoms with E-state index in [9.17, 15) is 0 Å². The fourth-order valence-electron chi connectivity index (χ4n) is 2.28. The highest BCUT2D eigenvalue weighted by molar-refractivity contribution is 14.0. The van der Waals surface area contributed by atoms with E-state index in [0.29, 0.717) is 6.61 Å². The summed E-state index contributed by atoms with van der Waals surface area (Å²) < 4.78 is 10.9. The van der Waals surface area contributed by atoms with E-state index in [4.69, 9.17) is 9.47 Å². The van der Waals surface area contributed by atoms with Crippen LogP contribution in [-0.2, 0) is 6.42 Å². The molecular weight excluding hydrogens is 429 g/mol. The highest BCUT2D eigenvalue weighted by Gasteiger charge is 2.11. The van der Waals surface area contributed by atoms with Gasteiger partial charge in [-0.05, 0) is 65.2 Å². The molecule has 0 aromatic heterocycles. The summed E-state index contributed by atoms with van der Waals surface area (Å²) in [5, 5.41) is 6.68. The summed E-state index contributed by atoms with van der Waals surface area (Å²) in [7, 11) is 1.66. The average Bonchev–Trinajstić information content (AvgIpc) is 2.51. The topological polar surface area (TPSA) is 54.9 Å². The summed E-state index contributed by atoms with van der Waals surface area (Å²) in [4.78, 5) is 4.64. The van der Waals surface area contributed by atoms with E-state index in [1.807, 2.05) is 13.0 Å². The Morgan fingerprint density at radius 3 is 2.44 bits per heavy atom. The fraction of sp³-hybridized carbons (Fsp3) is 0.632. The molecule has 2 N–H and O–H groups in total. The number of methoxy groups -OCH3 is 1. The van der Waals surface area contributed by atoms with Crippen LogP contribution >= 0.6 is 24.0 Å². The Labute approximate surface area is 170 Å². The van der Waals surface area contributed by atoms with E-state index in [1.165, 1.54) is 5.56 Å². The van der Waals surface area contributed by atoms with Gasteiger partial charge in [-0.2, -0.15) is 0 Å². The predicted molar refractivity (Wildman–Crippen MR) is 117 cm³/mol. The van der Waals surface area contributed by atoms with Crippen LogP contribution in [0.5, 0.6) is 11.5 Å². The first kappa shape index (κ1) is 23.8. The lowest BCUT2D eigenvalue weighted by atomic mass is 10.1.